The summed E-state index contributed by atoms with van der Waals surface area (Å²) in [5.41, 5.74) is 0.955. The van der Waals surface area contributed by atoms with Crippen molar-refractivity contribution in [2.45, 2.75) is 39.9 Å². The average molecular weight is 574 g/mol. The van der Waals surface area contributed by atoms with Crippen LogP contribution in [0.15, 0.2) is 29.1 Å². The fraction of sp³-hybridized carbons (Fsp3) is 0.444. The van der Waals surface area contributed by atoms with Crippen molar-refractivity contribution in [2.24, 2.45) is 0 Å². The molecule has 0 aliphatic carbocycles. The molecule has 3 aromatic rings. The SMILES string of the molecule is CC(=O)N1CCN(c2c(C)n(CC(=O)Nc3ccc(C(F)(F)F)cc3C)c3nc(C4=CCOCC4)nn3c2=O)CC1. The van der Waals surface area contributed by atoms with Crippen molar-refractivity contribution in [1.82, 2.24) is 24.1 Å². The van der Waals surface area contributed by atoms with Gasteiger partial charge in [0.15, 0.2) is 5.82 Å². The van der Waals surface area contributed by atoms with E-state index in [4.69, 9.17) is 4.74 Å². The third-order valence-corrected chi connectivity index (χ3v) is 7.40. The predicted molar refractivity (Wildman–Crippen MR) is 145 cm³/mol. The van der Waals surface area contributed by atoms with Crippen LogP contribution < -0.4 is 15.8 Å². The zero-order valence-corrected chi connectivity index (χ0v) is 22.9. The van der Waals surface area contributed by atoms with Crippen LogP contribution in [-0.2, 0) is 27.0 Å². The molecule has 0 bridgehead atoms. The molecule has 0 atom stereocenters. The van der Waals surface area contributed by atoms with Gasteiger partial charge >= 0.3 is 6.18 Å². The Bertz CT molecular complexity index is 1600. The molecule has 1 N–H and O–H groups in total. The van der Waals surface area contributed by atoms with E-state index in [9.17, 15) is 27.6 Å². The number of halogens is 3. The molecule has 5 rings (SSSR count). The zero-order chi connectivity index (χ0) is 29.5. The second kappa shape index (κ2) is 11.0. The number of alkyl halides is 3. The van der Waals surface area contributed by atoms with E-state index in [1.807, 2.05) is 11.0 Å². The van der Waals surface area contributed by atoms with Gasteiger partial charge in [-0.1, -0.05) is 6.08 Å². The molecular formula is C27H30F3N7O4. The average Bonchev–Trinajstić information content (AvgIpc) is 3.38. The summed E-state index contributed by atoms with van der Waals surface area (Å²) < 4.78 is 47.4. The van der Waals surface area contributed by atoms with Gasteiger partial charge in [0.25, 0.3) is 5.56 Å². The molecule has 1 fully saturated rings. The number of aromatic nitrogens is 4. The number of carbonyl (C=O) groups is 2. The number of hydrogen-bond donors (Lipinski definition) is 1. The molecule has 1 aromatic carbocycles. The van der Waals surface area contributed by atoms with Crippen LogP contribution in [-0.4, -0.2) is 75.3 Å². The minimum atomic E-state index is -4.50. The molecule has 0 radical (unpaired) electrons. The maximum absolute atomic E-state index is 13.7. The Balaban J connectivity index is 1.52. The molecule has 0 unspecified atom stereocenters. The van der Waals surface area contributed by atoms with Crippen molar-refractivity contribution >= 4 is 34.5 Å². The van der Waals surface area contributed by atoms with E-state index in [1.165, 1.54) is 24.4 Å². The number of fused-ring (bicyclic) bond motifs is 1. The Labute approximate surface area is 233 Å². The van der Waals surface area contributed by atoms with E-state index in [2.05, 4.69) is 15.4 Å². The van der Waals surface area contributed by atoms with Crippen molar-refractivity contribution in [1.29, 1.82) is 0 Å². The van der Waals surface area contributed by atoms with Crippen LogP contribution >= 0.6 is 0 Å². The van der Waals surface area contributed by atoms with E-state index >= 15 is 0 Å². The second-order valence-corrected chi connectivity index (χ2v) is 10.1. The molecular weight excluding hydrogens is 543 g/mol. The number of carbonyl (C=O) groups excluding carboxylic acids is 2. The van der Waals surface area contributed by atoms with E-state index in [-0.39, 0.29) is 29.5 Å². The summed E-state index contributed by atoms with van der Waals surface area (Å²) >= 11 is 0. The van der Waals surface area contributed by atoms with E-state index in [1.54, 1.807) is 16.4 Å². The lowest BCUT2D eigenvalue weighted by molar-refractivity contribution is -0.137. The lowest BCUT2D eigenvalue weighted by atomic mass is 10.1. The summed E-state index contributed by atoms with van der Waals surface area (Å²) in [5, 5.41) is 7.18. The first kappa shape index (κ1) is 28.3. The lowest BCUT2D eigenvalue weighted by Gasteiger charge is -2.36. The number of nitrogens with zero attached hydrogens (tertiary/aromatic N) is 6. The largest absolute Gasteiger partial charge is 0.416 e. The van der Waals surface area contributed by atoms with Gasteiger partial charge < -0.3 is 24.4 Å². The second-order valence-electron chi connectivity index (χ2n) is 10.1. The highest BCUT2D eigenvalue weighted by molar-refractivity contribution is 5.91. The van der Waals surface area contributed by atoms with Crippen molar-refractivity contribution in [2.75, 3.05) is 49.6 Å². The van der Waals surface area contributed by atoms with Crippen molar-refractivity contribution in [3.63, 3.8) is 0 Å². The summed E-state index contributed by atoms with van der Waals surface area (Å²) in [6.07, 6.45) is -2.08. The molecule has 2 aromatic heterocycles. The Morgan fingerprint density at radius 1 is 1.12 bits per heavy atom. The van der Waals surface area contributed by atoms with Crippen LogP contribution in [0, 0.1) is 13.8 Å². The van der Waals surface area contributed by atoms with E-state index in [0.717, 1.165) is 17.7 Å². The van der Waals surface area contributed by atoms with E-state index < -0.39 is 23.2 Å². The number of piperazine rings is 1. The third-order valence-electron chi connectivity index (χ3n) is 7.40. The lowest BCUT2D eigenvalue weighted by Crippen LogP contribution is -2.50. The number of nitrogens with one attached hydrogen (secondary N) is 1. The first-order chi connectivity index (χ1) is 19.4. The van der Waals surface area contributed by atoms with Gasteiger partial charge in [-0.2, -0.15) is 22.7 Å². The van der Waals surface area contributed by atoms with Gasteiger partial charge in [-0.15, -0.1) is 5.10 Å². The van der Waals surface area contributed by atoms with Gasteiger partial charge in [-0.3, -0.25) is 14.4 Å². The van der Waals surface area contributed by atoms with Crippen LogP contribution in [0.4, 0.5) is 24.5 Å². The summed E-state index contributed by atoms with van der Waals surface area (Å²) in [4.78, 5) is 47.0. The topological polar surface area (TPSA) is 114 Å². The Hall–Kier alpha value is -4.20. The van der Waals surface area contributed by atoms with Crippen LogP contribution in [0.2, 0.25) is 0 Å². The predicted octanol–water partition coefficient (Wildman–Crippen LogP) is 2.64. The number of ether oxygens (including phenoxy) is 1. The van der Waals surface area contributed by atoms with Gasteiger partial charge in [-0.05, 0) is 49.6 Å². The minimum Gasteiger partial charge on any atom is -0.377 e. The quantitative estimate of drug-likeness (QED) is 0.499. The van der Waals surface area contributed by atoms with Crippen molar-refractivity contribution in [3.05, 3.63) is 57.3 Å². The molecule has 2 amide bonds. The minimum absolute atomic E-state index is 0.0462. The standard InChI is InChI=1S/C27H30F3N7O4/c1-16-14-20(27(28,29)30)4-5-21(16)31-22(39)15-36-17(2)23(35-10-8-34(9-11-35)18(3)38)25(40)37-26(36)32-24(33-37)19-6-12-41-13-7-19/h4-6,14H,7-13,15H2,1-3H3,(H,31,39). The van der Waals surface area contributed by atoms with Gasteiger partial charge in [-0.25, -0.2) is 0 Å². The summed E-state index contributed by atoms with van der Waals surface area (Å²) in [5.74, 6) is -0.0322. The van der Waals surface area contributed by atoms with Crippen LogP contribution in [0.3, 0.4) is 0 Å². The molecule has 2 aliphatic heterocycles. The van der Waals surface area contributed by atoms with Crippen molar-refractivity contribution in [3.8, 4) is 0 Å². The van der Waals surface area contributed by atoms with E-state index in [0.29, 0.717) is 63.0 Å². The monoisotopic (exact) mass is 573 g/mol. The van der Waals surface area contributed by atoms with Crippen molar-refractivity contribution < 1.29 is 27.5 Å². The molecule has 41 heavy (non-hydrogen) atoms. The number of amides is 2. The maximum Gasteiger partial charge on any atom is 0.416 e. The Kier molecular flexibility index (Phi) is 7.60. The van der Waals surface area contributed by atoms with Gasteiger partial charge in [0.2, 0.25) is 17.6 Å². The molecule has 0 spiro atoms. The fourth-order valence-electron chi connectivity index (χ4n) is 5.13. The molecule has 1 saturated heterocycles. The molecule has 218 valence electrons. The molecule has 14 heteroatoms. The highest BCUT2D eigenvalue weighted by Gasteiger charge is 2.31. The van der Waals surface area contributed by atoms with Crippen LogP contribution in [0.25, 0.3) is 11.4 Å². The fourth-order valence-corrected chi connectivity index (χ4v) is 5.13. The highest BCUT2D eigenvalue weighted by Crippen LogP contribution is 2.31. The number of hydrogen-bond acceptors (Lipinski definition) is 7. The van der Waals surface area contributed by atoms with Gasteiger partial charge in [0.05, 0.1) is 18.8 Å². The molecule has 2 aliphatic rings. The number of benzene rings is 1. The highest BCUT2D eigenvalue weighted by atomic mass is 19.4. The molecule has 0 saturated carbocycles. The normalized spacial score (nSPS) is 16.2. The van der Waals surface area contributed by atoms with Gasteiger partial charge in [0, 0.05) is 44.5 Å². The zero-order valence-electron chi connectivity index (χ0n) is 22.9. The number of anilines is 2. The first-order valence-electron chi connectivity index (χ1n) is 13.2. The molecule has 4 heterocycles. The summed E-state index contributed by atoms with van der Waals surface area (Å²) in [7, 11) is 0. The Morgan fingerprint density at radius 2 is 1.85 bits per heavy atom. The first-order valence-corrected chi connectivity index (χ1v) is 13.2. The number of rotatable bonds is 5. The maximum atomic E-state index is 13.7. The van der Waals surface area contributed by atoms with Crippen LogP contribution in [0.5, 0.6) is 0 Å². The third kappa shape index (κ3) is 5.69. The summed E-state index contributed by atoms with van der Waals surface area (Å²) in [6.45, 7) is 7.04. The smallest absolute Gasteiger partial charge is 0.377 e. The Morgan fingerprint density at radius 3 is 2.46 bits per heavy atom. The molecule has 11 nitrogen and oxygen atoms in total. The number of aryl methyl sites for hydroxylation is 1. The van der Waals surface area contributed by atoms with Gasteiger partial charge in [0.1, 0.15) is 12.2 Å². The summed E-state index contributed by atoms with van der Waals surface area (Å²) in [6, 6.07) is 3.11. The van der Waals surface area contributed by atoms with Crippen LogP contribution in [0.1, 0.15) is 36.0 Å².